The van der Waals surface area contributed by atoms with E-state index in [2.05, 4.69) is 36.6 Å². The quantitative estimate of drug-likeness (QED) is 0.576. The first-order chi connectivity index (χ1) is 11.9. The minimum atomic E-state index is -0.373. The molecule has 1 atom stereocenters. The number of aryl methyl sites for hydroxylation is 1. The predicted octanol–water partition coefficient (Wildman–Crippen LogP) is 5.10. The largest absolute Gasteiger partial charge is 0.465 e. The highest BCUT2D eigenvalue weighted by molar-refractivity contribution is 7.80. The number of ether oxygens (including phenoxy) is 1. The third-order valence-electron chi connectivity index (χ3n) is 4.26. The second-order valence-corrected chi connectivity index (χ2v) is 6.44. The van der Waals surface area contributed by atoms with E-state index in [1.807, 2.05) is 25.1 Å². The maximum atomic E-state index is 11.7. The van der Waals surface area contributed by atoms with Gasteiger partial charge in [0.2, 0.25) is 0 Å². The summed E-state index contributed by atoms with van der Waals surface area (Å²) >= 11 is 5.38. The van der Waals surface area contributed by atoms with Gasteiger partial charge in [-0.1, -0.05) is 32.0 Å². The zero-order valence-corrected chi connectivity index (χ0v) is 15.9. The van der Waals surface area contributed by atoms with Crippen molar-refractivity contribution in [1.82, 2.24) is 0 Å². The Balaban J connectivity index is 2.06. The van der Waals surface area contributed by atoms with Crippen LogP contribution in [0.2, 0.25) is 0 Å². The van der Waals surface area contributed by atoms with Crippen LogP contribution in [0.25, 0.3) is 0 Å². The van der Waals surface area contributed by atoms with Crippen LogP contribution in [0.1, 0.15) is 47.7 Å². The van der Waals surface area contributed by atoms with Crippen LogP contribution in [0.3, 0.4) is 0 Å². The van der Waals surface area contributed by atoms with Gasteiger partial charge in [-0.2, -0.15) is 0 Å². The van der Waals surface area contributed by atoms with Crippen LogP contribution in [0.15, 0.2) is 42.5 Å². The Morgan fingerprint density at radius 2 is 1.84 bits per heavy atom. The minimum absolute atomic E-state index is 0.373. The molecule has 0 saturated carbocycles. The van der Waals surface area contributed by atoms with Gasteiger partial charge in [0, 0.05) is 11.4 Å². The van der Waals surface area contributed by atoms with Crippen LogP contribution in [-0.2, 0) is 4.74 Å². The molecule has 0 bridgehead atoms. The minimum Gasteiger partial charge on any atom is -0.465 e. The molecule has 4 nitrogen and oxygen atoms in total. The van der Waals surface area contributed by atoms with E-state index in [9.17, 15) is 4.79 Å². The number of esters is 1. The van der Waals surface area contributed by atoms with Gasteiger partial charge >= 0.3 is 5.97 Å². The summed E-state index contributed by atoms with van der Waals surface area (Å²) in [5.41, 5.74) is 4.48. The number of anilines is 2. The second kappa shape index (κ2) is 8.62. The standard InChI is InChI=1S/C20H24N2O2S/c1-5-13(2)15-8-10-17(11-9-15)21-20(25)22-18-12-16(19(23)24-4)7-6-14(18)3/h6-13H,5H2,1-4H3,(H2,21,22,25). The molecule has 0 aromatic heterocycles. The fourth-order valence-corrected chi connectivity index (χ4v) is 2.64. The van der Waals surface area contributed by atoms with Gasteiger partial charge in [-0.05, 0) is 66.9 Å². The molecular formula is C20H24N2O2S. The summed E-state index contributed by atoms with van der Waals surface area (Å²) in [6.07, 6.45) is 1.11. The van der Waals surface area contributed by atoms with Crippen molar-refractivity contribution in [2.45, 2.75) is 33.1 Å². The number of methoxy groups -OCH3 is 1. The number of nitrogens with one attached hydrogen (secondary N) is 2. The Kier molecular flexibility index (Phi) is 6.53. The van der Waals surface area contributed by atoms with Crippen molar-refractivity contribution in [2.75, 3.05) is 17.7 Å². The van der Waals surface area contributed by atoms with E-state index in [0.717, 1.165) is 23.4 Å². The fraction of sp³-hybridized carbons (Fsp3) is 0.300. The van der Waals surface area contributed by atoms with Crippen LogP contribution in [0.5, 0.6) is 0 Å². The Hall–Kier alpha value is -2.40. The average Bonchev–Trinajstić information content (AvgIpc) is 2.62. The normalized spacial score (nSPS) is 11.5. The lowest BCUT2D eigenvalue weighted by atomic mass is 9.99. The topological polar surface area (TPSA) is 50.4 Å². The maximum absolute atomic E-state index is 11.7. The SMILES string of the molecule is CCC(C)c1ccc(NC(=S)Nc2cc(C(=O)OC)ccc2C)cc1. The van der Waals surface area contributed by atoms with Crippen molar-refractivity contribution in [1.29, 1.82) is 0 Å². The lowest BCUT2D eigenvalue weighted by molar-refractivity contribution is 0.0601. The Bertz CT molecular complexity index is 757. The van der Waals surface area contributed by atoms with Gasteiger partial charge in [0.15, 0.2) is 5.11 Å². The van der Waals surface area contributed by atoms with Crippen LogP contribution in [0.4, 0.5) is 11.4 Å². The summed E-state index contributed by atoms with van der Waals surface area (Å²) in [6, 6.07) is 13.6. The Labute approximate surface area is 154 Å². The van der Waals surface area contributed by atoms with Crippen LogP contribution in [-0.4, -0.2) is 18.2 Å². The summed E-state index contributed by atoms with van der Waals surface area (Å²) < 4.78 is 4.76. The molecule has 0 aliphatic carbocycles. The molecule has 0 amide bonds. The van der Waals surface area contributed by atoms with Crippen molar-refractivity contribution < 1.29 is 9.53 Å². The number of rotatable bonds is 5. The summed E-state index contributed by atoms with van der Waals surface area (Å²) in [6.45, 7) is 6.35. The molecule has 2 aromatic rings. The molecule has 0 aliphatic heterocycles. The van der Waals surface area contributed by atoms with Gasteiger partial charge in [0.1, 0.15) is 0 Å². The van der Waals surface area contributed by atoms with E-state index >= 15 is 0 Å². The summed E-state index contributed by atoms with van der Waals surface area (Å²) in [4.78, 5) is 11.7. The van der Waals surface area contributed by atoms with E-state index in [1.165, 1.54) is 12.7 Å². The first kappa shape index (κ1) is 18.9. The van der Waals surface area contributed by atoms with Crippen LogP contribution in [0, 0.1) is 6.92 Å². The molecule has 25 heavy (non-hydrogen) atoms. The summed E-state index contributed by atoms with van der Waals surface area (Å²) in [5.74, 6) is 0.172. The van der Waals surface area contributed by atoms with Crippen molar-refractivity contribution in [3.8, 4) is 0 Å². The second-order valence-electron chi connectivity index (χ2n) is 6.03. The van der Waals surface area contributed by atoms with Crippen molar-refractivity contribution in [3.05, 3.63) is 59.2 Å². The first-order valence-corrected chi connectivity index (χ1v) is 8.72. The molecule has 0 radical (unpaired) electrons. The molecule has 0 heterocycles. The average molecular weight is 356 g/mol. The molecule has 5 heteroatoms. The van der Waals surface area contributed by atoms with Crippen molar-refractivity contribution >= 4 is 34.7 Å². The Morgan fingerprint density at radius 1 is 1.16 bits per heavy atom. The first-order valence-electron chi connectivity index (χ1n) is 8.31. The predicted molar refractivity (Wildman–Crippen MR) is 108 cm³/mol. The molecule has 1 unspecified atom stereocenters. The highest BCUT2D eigenvalue weighted by Crippen LogP contribution is 2.21. The monoisotopic (exact) mass is 356 g/mol. The molecule has 0 aliphatic rings. The molecule has 2 aromatic carbocycles. The maximum Gasteiger partial charge on any atom is 0.337 e. The highest BCUT2D eigenvalue weighted by Gasteiger charge is 2.09. The molecule has 2 rings (SSSR count). The number of hydrogen-bond acceptors (Lipinski definition) is 3. The zero-order valence-electron chi connectivity index (χ0n) is 15.1. The van der Waals surface area contributed by atoms with E-state index in [-0.39, 0.29) is 5.97 Å². The third-order valence-corrected chi connectivity index (χ3v) is 4.46. The molecule has 132 valence electrons. The van der Waals surface area contributed by atoms with Gasteiger partial charge in [-0.25, -0.2) is 4.79 Å². The lowest BCUT2D eigenvalue weighted by Gasteiger charge is -2.14. The number of carbonyl (C=O) groups excluding carboxylic acids is 1. The van der Waals surface area contributed by atoms with Crippen LogP contribution < -0.4 is 10.6 Å². The van der Waals surface area contributed by atoms with Gasteiger partial charge in [-0.3, -0.25) is 0 Å². The van der Waals surface area contributed by atoms with E-state index < -0.39 is 0 Å². The fourth-order valence-electron chi connectivity index (χ4n) is 2.42. The number of benzene rings is 2. The number of thiocarbonyl (C=S) groups is 1. The zero-order chi connectivity index (χ0) is 18.4. The number of hydrogen-bond donors (Lipinski definition) is 2. The molecule has 0 saturated heterocycles. The molecular weight excluding hydrogens is 332 g/mol. The number of carbonyl (C=O) groups is 1. The molecule has 2 N–H and O–H groups in total. The molecule has 0 fully saturated rings. The van der Waals surface area contributed by atoms with E-state index in [0.29, 0.717) is 16.6 Å². The smallest absolute Gasteiger partial charge is 0.337 e. The van der Waals surface area contributed by atoms with Gasteiger partial charge in [0.25, 0.3) is 0 Å². The summed E-state index contributed by atoms with van der Waals surface area (Å²) in [7, 11) is 1.37. The van der Waals surface area contributed by atoms with Gasteiger partial charge < -0.3 is 15.4 Å². The lowest BCUT2D eigenvalue weighted by Crippen LogP contribution is -2.20. The highest BCUT2D eigenvalue weighted by atomic mass is 32.1. The van der Waals surface area contributed by atoms with E-state index in [4.69, 9.17) is 17.0 Å². The van der Waals surface area contributed by atoms with Crippen molar-refractivity contribution in [2.24, 2.45) is 0 Å². The van der Waals surface area contributed by atoms with Crippen LogP contribution >= 0.6 is 12.2 Å². The summed E-state index contributed by atoms with van der Waals surface area (Å²) in [5, 5.41) is 6.78. The van der Waals surface area contributed by atoms with Crippen molar-refractivity contribution in [3.63, 3.8) is 0 Å². The van der Waals surface area contributed by atoms with Gasteiger partial charge in [0.05, 0.1) is 12.7 Å². The van der Waals surface area contributed by atoms with E-state index in [1.54, 1.807) is 12.1 Å². The van der Waals surface area contributed by atoms with Gasteiger partial charge in [-0.15, -0.1) is 0 Å². The Morgan fingerprint density at radius 3 is 2.44 bits per heavy atom. The third kappa shape index (κ3) is 5.03. The molecule has 0 spiro atoms.